The normalized spacial score (nSPS) is 15.2. The number of aryl methyl sites for hydroxylation is 2. The highest BCUT2D eigenvalue weighted by Crippen LogP contribution is 2.30. The lowest BCUT2D eigenvalue weighted by Gasteiger charge is -2.23. The number of rotatable bonds is 7. The number of aromatic nitrogens is 6. The second-order valence-electron chi connectivity index (χ2n) is 10.5. The monoisotopic (exact) mass is 534 g/mol. The van der Waals surface area contributed by atoms with Crippen molar-refractivity contribution in [2.75, 3.05) is 17.2 Å². The number of amidine groups is 1. The number of hydrogen-bond acceptors (Lipinski definition) is 8. The number of anilines is 2. The molecule has 1 unspecified atom stereocenters. The highest BCUT2D eigenvalue weighted by atomic mass is 19.1. The van der Waals surface area contributed by atoms with E-state index in [0.717, 1.165) is 13.0 Å². The van der Waals surface area contributed by atoms with Crippen LogP contribution in [0.25, 0.3) is 22.3 Å². The van der Waals surface area contributed by atoms with E-state index in [9.17, 15) is 9.18 Å². The van der Waals surface area contributed by atoms with Gasteiger partial charge in [0.1, 0.15) is 17.6 Å². The van der Waals surface area contributed by atoms with E-state index in [1.165, 1.54) is 12.1 Å². The summed E-state index contributed by atoms with van der Waals surface area (Å²) >= 11 is 0. The SMILES string of the molecule is Cn1nc(-c2ccc(NC(=O)NC3=NOC(C(C)(C)C)C3)c(F)c2)c2cnc(NCCCn3ccnc3)nc21. The summed E-state index contributed by atoms with van der Waals surface area (Å²) in [4.78, 5) is 30.9. The average molecular weight is 535 g/mol. The maximum Gasteiger partial charge on any atom is 0.324 e. The molecule has 3 aromatic heterocycles. The van der Waals surface area contributed by atoms with Crippen molar-refractivity contribution in [3.8, 4) is 11.3 Å². The number of urea groups is 1. The molecule has 0 saturated carbocycles. The Kier molecular flexibility index (Phi) is 7.13. The van der Waals surface area contributed by atoms with E-state index in [2.05, 4.69) is 41.2 Å². The summed E-state index contributed by atoms with van der Waals surface area (Å²) in [6.07, 6.45) is 8.34. The Balaban J connectivity index is 1.22. The van der Waals surface area contributed by atoms with Crippen molar-refractivity contribution in [1.82, 2.24) is 34.6 Å². The van der Waals surface area contributed by atoms with E-state index in [1.54, 1.807) is 36.5 Å². The van der Waals surface area contributed by atoms with Gasteiger partial charge in [0.15, 0.2) is 11.5 Å². The van der Waals surface area contributed by atoms with Crippen molar-refractivity contribution in [1.29, 1.82) is 0 Å². The highest BCUT2D eigenvalue weighted by Gasteiger charge is 2.33. The molecular weight excluding hydrogens is 503 g/mol. The summed E-state index contributed by atoms with van der Waals surface area (Å²) in [7, 11) is 1.78. The number of halogens is 1. The van der Waals surface area contributed by atoms with Crippen molar-refractivity contribution in [3.63, 3.8) is 0 Å². The second-order valence-corrected chi connectivity index (χ2v) is 10.5. The van der Waals surface area contributed by atoms with E-state index < -0.39 is 11.8 Å². The molecule has 4 heterocycles. The molecule has 13 heteroatoms. The number of carbonyl (C=O) groups excluding carboxylic acids is 1. The zero-order valence-electron chi connectivity index (χ0n) is 22.3. The van der Waals surface area contributed by atoms with Crippen molar-refractivity contribution >= 4 is 34.5 Å². The Morgan fingerprint density at radius 2 is 2.10 bits per heavy atom. The fourth-order valence-corrected chi connectivity index (χ4v) is 4.18. The van der Waals surface area contributed by atoms with Crippen LogP contribution < -0.4 is 16.0 Å². The standard InChI is InChI=1S/C26H31FN10O2/c1-26(2,3)20-13-21(35-39-20)32-25(38)31-19-7-6-16(12-18(19)27)22-17-14-30-24(33-23(17)36(4)34-22)29-8-5-10-37-11-9-28-15-37/h6-7,9,11-12,14-15,20H,5,8,10,13H2,1-4H3,(H,29,30,33)(H2,31,32,35,38). The van der Waals surface area contributed by atoms with Crippen LogP contribution in [0.5, 0.6) is 0 Å². The van der Waals surface area contributed by atoms with Gasteiger partial charge >= 0.3 is 6.03 Å². The Labute approximate surface area is 224 Å². The molecule has 0 spiro atoms. The van der Waals surface area contributed by atoms with Crippen LogP contribution in [0.3, 0.4) is 0 Å². The van der Waals surface area contributed by atoms with Gasteiger partial charge in [0, 0.05) is 56.1 Å². The average Bonchev–Trinajstić information content (AvgIpc) is 3.64. The molecule has 12 nitrogen and oxygen atoms in total. The molecule has 0 saturated heterocycles. The highest BCUT2D eigenvalue weighted by molar-refractivity contribution is 6.03. The van der Waals surface area contributed by atoms with E-state index in [0.29, 0.717) is 47.0 Å². The molecule has 204 valence electrons. The van der Waals surface area contributed by atoms with Gasteiger partial charge in [-0.2, -0.15) is 10.1 Å². The van der Waals surface area contributed by atoms with Crippen molar-refractivity contribution < 1.29 is 14.0 Å². The van der Waals surface area contributed by atoms with Gasteiger partial charge in [0.2, 0.25) is 5.95 Å². The van der Waals surface area contributed by atoms with Crippen LogP contribution in [0.4, 0.5) is 20.8 Å². The molecule has 1 atom stereocenters. The topological polar surface area (TPSA) is 136 Å². The molecule has 4 aromatic rings. The number of imidazole rings is 1. The van der Waals surface area contributed by atoms with Crippen LogP contribution in [-0.4, -0.2) is 53.8 Å². The molecule has 1 aliphatic rings. The third-order valence-corrected chi connectivity index (χ3v) is 6.40. The number of benzene rings is 1. The Morgan fingerprint density at radius 3 is 2.82 bits per heavy atom. The van der Waals surface area contributed by atoms with Gasteiger partial charge in [0.05, 0.1) is 17.4 Å². The number of nitrogens with one attached hydrogen (secondary N) is 3. The summed E-state index contributed by atoms with van der Waals surface area (Å²) in [5.74, 6) is 0.290. The molecular formula is C26H31FN10O2. The summed E-state index contributed by atoms with van der Waals surface area (Å²) in [5.41, 5.74) is 1.61. The van der Waals surface area contributed by atoms with Crippen LogP contribution in [0.2, 0.25) is 0 Å². The third kappa shape index (κ3) is 5.97. The maximum atomic E-state index is 15.0. The number of carbonyl (C=O) groups is 1. The molecule has 39 heavy (non-hydrogen) atoms. The first kappa shape index (κ1) is 26.1. The number of nitrogens with zero attached hydrogens (tertiary/aromatic N) is 7. The Bertz CT molecular complexity index is 1510. The first-order chi connectivity index (χ1) is 18.7. The lowest BCUT2D eigenvalue weighted by atomic mass is 9.87. The van der Waals surface area contributed by atoms with Gasteiger partial charge in [-0.25, -0.2) is 23.8 Å². The molecule has 0 aliphatic carbocycles. The van der Waals surface area contributed by atoms with Gasteiger partial charge in [-0.3, -0.25) is 5.32 Å². The molecule has 1 aliphatic heterocycles. The lowest BCUT2D eigenvalue weighted by molar-refractivity contribution is 0.00830. The lowest BCUT2D eigenvalue weighted by Crippen LogP contribution is -2.36. The van der Waals surface area contributed by atoms with Crippen LogP contribution in [0.1, 0.15) is 33.6 Å². The van der Waals surface area contributed by atoms with E-state index in [4.69, 9.17) is 4.84 Å². The molecule has 2 amide bonds. The smallest absolute Gasteiger partial charge is 0.324 e. The van der Waals surface area contributed by atoms with E-state index in [-0.39, 0.29) is 17.2 Å². The van der Waals surface area contributed by atoms with Gasteiger partial charge < -0.3 is 20.0 Å². The minimum Gasteiger partial charge on any atom is -0.390 e. The van der Waals surface area contributed by atoms with Crippen molar-refractivity contribution in [2.24, 2.45) is 17.6 Å². The minimum atomic E-state index is -0.601. The molecule has 5 rings (SSSR count). The van der Waals surface area contributed by atoms with Crippen molar-refractivity contribution in [2.45, 2.75) is 46.3 Å². The molecule has 0 fully saturated rings. The summed E-state index contributed by atoms with van der Waals surface area (Å²) < 4.78 is 18.6. The van der Waals surface area contributed by atoms with Gasteiger partial charge in [-0.05, 0) is 18.6 Å². The Hall–Kier alpha value is -4.55. The molecule has 3 N–H and O–H groups in total. The quantitative estimate of drug-likeness (QED) is 0.303. The zero-order valence-corrected chi connectivity index (χ0v) is 22.3. The summed E-state index contributed by atoms with van der Waals surface area (Å²) in [6.45, 7) is 7.63. The van der Waals surface area contributed by atoms with Crippen LogP contribution in [-0.2, 0) is 18.4 Å². The van der Waals surface area contributed by atoms with Gasteiger partial charge in [-0.1, -0.05) is 32.0 Å². The maximum absolute atomic E-state index is 15.0. The van der Waals surface area contributed by atoms with Crippen LogP contribution in [0.15, 0.2) is 48.3 Å². The molecule has 0 radical (unpaired) electrons. The van der Waals surface area contributed by atoms with Crippen LogP contribution >= 0.6 is 0 Å². The number of hydrogen-bond donors (Lipinski definition) is 3. The zero-order chi connectivity index (χ0) is 27.6. The molecule has 0 bridgehead atoms. The van der Waals surface area contributed by atoms with E-state index in [1.807, 2.05) is 31.5 Å². The summed E-state index contributed by atoms with van der Waals surface area (Å²) in [6, 6.07) is 3.91. The Morgan fingerprint density at radius 1 is 1.26 bits per heavy atom. The fraction of sp³-hybridized carbons (Fsp3) is 0.385. The first-order valence-electron chi connectivity index (χ1n) is 12.7. The molecule has 1 aromatic carbocycles. The fourth-order valence-electron chi connectivity index (χ4n) is 4.18. The minimum absolute atomic E-state index is 0.0294. The van der Waals surface area contributed by atoms with E-state index >= 15 is 0 Å². The predicted molar refractivity (Wildman–Crippen MR) is 146 cm³/mol. The second kappa shape index (κ2) is 10.7. The van der Waals surface area contributed by atoms with Crippen molar-refractivity contribution in [3.05, 3.63) is 48.9 Å². The number of oxime groups is 1. The predicted octanol–water partition coefficient (Wildman–Crippen LogP) is 4.14. The van der Waals surface area contributed by atoms with Crippen LogP contribution in [0, 0.1) is 11.2 Å². The number of fused-ring (bicyclic) bond motifs is 1. The first-order valence-corrected chi connectivity index (χ1v) is 12.7. The van der Waals surface area contributed by atoms with Gasteiger partial charge in [-0.15, -0.1) is 0 Å². The third-order valence-electron chi connectivity index (χ3n) is 6.40. The summed E-state index contributed by atoms with van der Waals surface area (Å²) in [5, 5.41) is 17.5. The van der Waals surface area contributed by atoms with Gasteiger partial charge in [0.25, 0.3) is 0 Å². The number of amides is 2. The largest absolute Gasteiger partial charge is 0.390 e.